The fourth-order valence-corrected chi connectivity index (χ4v) is 1.74. The number of dihydropyridines is 1. The second-order valence-electron chi connectivity index (χ2n) is 3.36. The molecule has 2 N–H and O–H groups in total. The highest BCUT2D eigenvalue weighted by atomic mass is 16.5. The van der Waals surface area contributed by atoms with Gasteiger partial charge in [0.1, 0.15) is 0 Å². The Morgan fingerprint density at radius 1 is 1.56 bits per heavy atom. The molecule has 0 amide bonds. The minimum Gasteiger partial charge on any atom is -0.465 e. The van der Waals surface area contributed by atoms with E-state index in [9.17, 15) is 4.79 Å². The number of fused-ring (bicyclic) bond motifs is 1. The van der Waals surface area contributed by atoms with Gasteiger partial charge in [-0.25, -0.2) is 10.3 Å². The Kier molecular flexibility index (Phi) is 2.68. The molecule has 0 saturated carbocycles. The summed E-state index contributed by atoms with van der Waals surface area (Å²) in [5.41, 5.74) is 8.91. The minimum absolute atomic E-state index is 0.235. The lowest BCUT2D eigenvalue weighted by atomic mass is 9.92. The first-order chi connectivity index (χ1) is 7.77. The van der Waals surface area contributed by atoms with E-state index in [0.717, 1.165) is 5.57 Å². The summed E-state index contributed by atoms with van der Waals surface area (Å²) in [4.78, 5) is 11.5. The maximum absolute atomic E-state index is 11.5. The number of hydrogen-bond donors (Lipinski definition) is 2. The number of nitrogens with zero attached hydrogens (tertiary/aromatic N) is 1. The third-order valence-corrected chi connectivity index (χ3v) is 2.51. The monoisotopic (exact) mass is 217 g/mol. The van der Waals surface area contributed by atoms with Crippen molar-refractivity contribution in [1.82, 2.24) is 5.32 Å². The van der Waals surface area contributed by atoms with Gasteiger partial charge >= 0.3 is 5.97 Å². The number of methoxy groups -OCH3 is 1. The van der Waals surface area contributed by atoms with Crippen LogP contribution in [0.25, 0.3) is 0 Å². The van der Waals surface area contributed by atoms with E-state index < -0.39 is 0 Å². The van der Waals surface area contributed by atoms with E-state index in [1.165, 1.54) is 7.11 Å². The molecule has 0 saturated heterocycles. The standard InChI is InChI=1S/C11H11N3O2/c1-16-11(15)8-5-6-13-10-7(8)3-2-4-9(10)14-12/h2-6,10,12-13H,1H3. The smallest absolute Gasteiger partial charge is 0.338 e. The molecule has 0 spiro atoms. The van der Waals surface area contributed by atoms with E-state index in [1.807, 2.05) is 6.08 Å². The molecule has 5 heteroatoms. The van der Waals surface area contributed by atoms with E-state index >= 15 is 0 Å². The van der Waals surface area contributed by atoms with Crippen LogP contribution in [0.3, 0.4) is 0 Å². The maximum atomic E-state index is 11.5. The highest BCUT2D eigenvalue weighted by Crippen LogP contribution is 2.26. The highest BCUT2D eigenvalue weighted by molar-refractivity contribution is 5.94. The van der Waals surface area contributed by atoms with E-state index in [4.69, 9.17) is 10.3 Å². The zero-order valence-electron chi connectivity index (χ0n) is 8.73. The predicted octanol–water partition coefficient (Wildman–Crippen LogP) is 1.43. The van der Waals surface area contributed by atoms with Gasteiger partial charge in [0.2, 0.25) is 0 Å². The number of carbonyl (C=O) groups is 1. The summed E-state index contributed by atoms with van der Waals surface area (Å²) in [6, 6.07) is -0.235. The number of allylic oxidation sites excluding steroid dienone is 2. The van der Waals surface area contributed by atoms with Crippen molar-refractivity contribution >= 4 is 5.97 Å². The Balaban J connectivity index is 2.46. The number of nitrogens with one attached hydrogen (secondary N) is 2. The van der Waals surface area contributed by atoms with Crippen LogP contribution in [0.2, 0.25) is 0 Å². The Labute approximate surface area is 92.7 Å². The molecule has 5 nitrogen and oxygen atoms in total. The Morgan fingerprint density at radius 3 is 3.06 bits per heavy atom. The van der Waals surface area contributed by atoms with Gasteiger partial charge in [-0.2, -0.15) is 5.11 Å². The van der Waals surface area contributed by atoms with Crippen molar-refractivity contribution in [2.45, 2.75) is 6.04 Å². The molecule has 0 aromatic heterocycles. The average Bonchev–Trinajstić information content (AvgIpc) is 2.36. The van der Waals surface area contributed by atoms with Crippen molar-refractivity contribution in [3.63, 3.8) is 0 Å². The summed E-state index contributed by atoms with van der Waals surface area (Å²) in [6.45, 7) is 0. The Morgan fingerprint density at radius 2 is 2.38 bits per heavy atom. The molecular formula is C11H11N3O2. The van der Waals surface area contributed by atoms with Gasteiger partial charge in [0.25, 0.3) is 0 Å². The van der Waals surface area contributed by atoms with Crippen LogP contribution >= 0.6 is 0 Å². The van der Waals surface area contributed by atoms with E-state index in [2.05, 4.69) is 10.4 Å². The quantitative estimate of drug-likeness (QED) is 0.542. The third-order valence-electron chi connectivity index (χ3n) is 2.51. The average molecular weight is 217 g/mol. The van der Waals surface area contributed by atoms with Crippen molar-refractivity contribution < 1.29 is 9.53 Å². The molecule has 16 heavy (non-hydrogen) atoms. The van der Waals surface area contributed by atoms with Gasteiger partial charge in [-0.1, -0.05) is 12.2 Å². The molecular weight excluding hydrogens is 206 g/mol. The highest BCUT2D eigenvalue weighted by Gasteiger charge is 2.26. The van der Waals surface area contributed by atoms with Crippen molar-refractivity contribution in [2.24, 2.45) is 5.11 Å². The molecule has 0 radical (unpaired) electrons. The SMILES string of the molecule is COC(=O)C1=C2C=CC=C(N=N)C2NC=C1. The lowest BCUT2D eigenvalue weighted by Crippen LogP contribution is -2.33. The van der Waals surface area contributed by atoms with Crippen LogP contribution in [0.1, 0.15) is 0 Å². The molecule has 82 valence electrons. The third kappa shape index (κ3) is 1.56. The van der Waals surface area contributed by atoms with Gasteiger partial charge in [0.05, 0.1) is 24.4 Å². The normalized spacial score (nSPS) is 22.1. The first kappa shape index (κ1) is 10.4. The summed E-state index contributed by atoms with van der Waals surface area (Å²) in [5.74, 6) is -0.381. The molecule has 1 unspecified atom stereocenters. The van der Waals surface area contributed by atoms with Gasteiger partial charge in [-0.3, -0.25) is 0 Å². The topological polar surface area (TPSA) is 74.5 Å². The summed E-state index contributed by atoms with van der Waals surface area (Å²) >= 11 is 0. The van der Waals surface area contributed by atoms with E-state index in [-0.39, 0.29) is 12.0 Å². The summed E-state index contributed by atoms with van der Waals surface area (Å²) < 4.78 is 4.70. The summed E-state index contributed by atoms with van der Waals surface area (Å²) in [7, 11) is 1.35. The molecule has 1 heterocycles. The first-order valence-corrected chi connectivity index (χ1v) is 4.78. The minimum atomic E-state index is -0.381. The second-order valence-corrected chi connectivity index (χ2v) is 3.36. The molecule has 0 fully saturated rings. The number of esters is 1. The zero-order valence-corrected chi connectivity index (χ0v) is 8.73. The van der Waals surface area contributed by atoms with Crippen molar-refractivity contribution in [3.05, 3.63) is 47.3 Å². The number of rotatable bonds is 2. The molecule has 0 aromatic carbocycles. The largest absolute Gasteiger partial charge is 0.465 e. The lowest BCUT2D eigenvalue weighted by molar-refractivity contribution is -0.135. The molecule has 1 atom stereocenters. The fraction of sp³-hybridized carbons (Fsp3) is 0.182. The van der Waals surface area contributed by atoms with Crippen LogP contribution < -0.4 is 5.32 Å². The van der Waals surface area contributed by atoms with Crippen LogP contribution in [0.15, 0.2) is 52.5 Å². The van der Waals surface area contributed by atoms with E-state index in [0.29, 0.717) is 11.3 Å². The van der Waals surface area contributed by atoms with Gasteiger partial charge in [0.15, 0.2) is 0 Å². The van der Waals surface area contributed by atoms with Crippen molar-refractivity contribution in [3.8, 4) is 0 Å². The molecule has 2 aliphatic rings. The zero-order chi connectivity index (χ0) is 11.5. The maximum Gasteiger partial charge on any atom is 0.338 e. The van der Waals surface area contributed by atoms with Crippen molar-refractivity contribution in [2.75, 3.05) is 7.11 Å². The Bertz CT molecular complexity index is 458. The molecule has 2 rings (SSSR count). The summed E-state index contributed by atoms with van der Waals surface area (Å²) in [5, 5.41) is 6.48. The lowest BCUT2D eigenvalue weighted by Gasteiger charge is -2.25. The second kappa shape index (κ2) is 4.14. The molecule has 0 aromatic rings. The number of ether oxygens (including phenoxy) is 1. The van der Waals surface area contributed by atoms with Crippen molar-refractivity contribution in [1.29, 1.82) is 5.53 Å². The number of carbonyl (C=O) groups excluding carboxylic acids is 1. The fourth-order valence-electron chi connectivity index (χ4n) is 1.74. The molecule has 0 bridgehead atoms. The van der Waals surface area contributed by atoms with Crippen LogP contribution in [-0.2, 0) is 9.53 Å². The van der Waals surface area contributed by atoms with Crippen LogP contribution in [0, 0.1) is 5.53 Å². The summed E-state index contributed by atoms with van der Waals surface area (Å²) in [6.07, 6.45) is 8.65. The number of hydrogen-bond acceptors (Lipinski definition) is 5. The van der Waals surface area contributed by atoms with Crippen LogP contribution in [-0.4, -0.2) is 19.1 Å². The van der Waals surface area contributed by atoms with E-state index in [1.54, 1.807) is 24.4 Å². The first-order valence-electron chi connectivity index (χ1n) is 4.78. The van der Waals surface area contributed by atoms with Gasteiger partial charge in [-0.15, -0.1) is 0 Å². The van der Waals surface area contributed by atoms with Gasteiger partial charge < -0.3 is 10.1 Å². The van der Waals surface area contributed by atoms with Crippen LogP contribution in [0.4, 0.5) is 0 Å². The van der Waals surface area contributed by atoms with Gasteiger partial charge in [0, 0.05) is 0 Å². The Hall–Kier alpha value is -2.17. The predicted molar refractivity (Wildman–Crippen MR) is 57.5 cm³/mol. The molecule has 1 aliphatic heterocycles. The van der Waals surface area contributed by atoms with Crippen LogP contribution in [0.5, 0.6) is 0 Å². The molecule has 1 aliphatic carbocycles. The van der Waals surface area contributed by atoms with Gasteiger partial charge in [-0.05, 0) is 23.9 Å².